The third-order valence-corrected chi connectivity index (χ3v) is 34.4. The number of fused-ring (bicyclic) bond motifs is 22. The Morgan fingerprint density at radius 1 is 0.220 bits per heavy atom. The fourth-order valence-corrected chi connectivity index (χ4v) is 28.3. The standard InChI is InChI=1S/C132H107BN8/c1-6-34-84(35-7-1)89-76-128-130-129(77-89)141(132-98(87-40-12-4-13-41-87)54-33-55-99(132)88-42-14-5-15-43-88)127-83-95(139-124-74-68-92(136-118-60-28-20-48-104(118)105-49-21-29-61-119(105)136)80-110(124)111-81-93(69-75-125(111)139)137-120-62-30-22-50-106(120)107-51-23-31-63-121(107)137)65-71-113(127)133(130)112-70-64-94(82-126(112)140(128)131-96(85-36-8-2-9-37-85)52-32-53-97(131)86-38-10-3-11-39-86)138-122-72-66-90(134-114-56-24-16-44-100(114)101-45-17-25-57-115(101)134)78-108(122)109-79-91(67-73-123(109)138)135-116-58-26-18-46-102(116)103-47-19-27-59-117(103)135/h1-2,4,6-8,12,16-31,34-35,38,42,44-52,54,56-83,85,87,97,99,131-132H,3,5,9-11,13-15,32-33,36-37,39-41,43,53,55H2. The summed E-state index contributed by atoms with van der Waals surface area (Å²) in [4.78, 5) is 6.17. The normalized spacial score (nSPS) is 19.3. The van der Waals surface area contributed by atoms with Crippen LogP contribution in [-0.2, 0) is 0 Å². The van der Waals surface area contributed by atoms with Crippen LogP contribution >= 0.6 is 0 Å². The van der Waals surface area contributed by atoms with Crippen LogP contribution in [0.1, 0.15) is 116 Å². The van der Waals surface area contributed by atoms with E-state index in [0.717, 1.165) is 124 Å². The van der Waals surface area contributed by atoms with E-state index >= 15 is 0 Å². The lowest BCUT2D eigenvalue weighted by Gasteiger charge is -2.53. The summed E-state index contributed by atoms with van der Waals surface area (Å²) in [5.74, 6) is 1.38. The molecule has 22 aromatic rings. The summed E-state index contributed by atoms with van der Waals surface area (Å²) in [5, 5.41) is 14.9. The van der Waals surface area contributed by atoms with Crippen LogP contribution in [0, 0.1) is 23.7 Å². The number of hydrogen-bond acceptors (Lipinski definition) is 2. The molecule has 16 aromatic carbocycles. The second-order valence-corrected chi connectivity index (χ2v) is 41.6. The van der Waals surface area contributed by atoms with Crippen LogP contribution in [0.2, 0.25) is 0 Å². The topological polar surface area (TPSA) is 36.1 Å². The summed E-state index contributed by atoms with van der Waals surface area (Å²) in [7, 11) is 0. The van der Waals surface area contributed by atoms with E-state index in [1.165, 1.54) is 207 Å². The van der Waals surface area contributed by atoms with Gasteiger partial charge in [0, 0.05) is 133 Å². The molecular formula is C132H107BN8. The van der Waals surface area contributed by atoms with Crippen LogP contribution in [0.15, 0.2) is 417 Å². The summed E-state index contributed by atoms with van der Waals surface area (Å²) in [6.07, 6.45) is 41.6. The summed E-state index contributed by atoms with van der Waals surface area (Å²) in [5.41, 5.74) is 39.9. The minimum absolute atomic E-state index is 0.0307. The molecule has 2 aliphatic heterocycles. The van der Waals surface area contributed by atoms with Gasteiger partial charge in [0.05, 0.1) is 78.3 Å². The van der Waals surface area contributed by atoms with Crippen molar-refractivity contribution in [1.29, 1.82) is 0 Å². The van der Waals surface area contributed by atoms with Gasteiger partial charge in [-0.15, -0.1) is 0 Å². The van der Waals surface area contributed by atoms with Crippen molar-refractivity contribution in [1.82, 2.24) is 27.4 Å². The van der Waals surface area contributed by atoms with Gasteiger partial charge in [-0.25, -0.2) is 0 Å². The number of anilines is 4. The smallest absolute Gasteiger partial charge is 0.252 e. The maximum atomic E-state index is 3.08. The number of aromatic nitrogens is 6. The lowest BCUT2D eigenvalue weighted by molar-refractivity contribution is 0.391. The van der Waals surface area contributed by atoms with Gasteiger partial charge in [0.25, 0.3) is 6.71 Å². The highest BCUT2D eigenvalue weighted by atomic mass is 15.2. The van der Waals surface area contributed by atoms with Crippen LogP contribution in [0.5, 0.6) is 0 Å². The summed E-state index contributed by atoms with van der Waals surface area (Å²) >= 11 is 0. The molecule has 0 amide bonds. The van der Waals surface area contributed by atoms with Gasteiger partial charge in [-0.05, 0) is 324 Å². The highest BCUT2D eigenvalue weighted by molar-refractivity contribution is 7.00. The first-order valence-corrected chi connectivity index (χ1v) is 52.3. The molecule has 6 aliphatic carbocycles. The van der Waals surface area contributed by atoms with E-state index in [0.29, 0.717) is 23.7 Å². The van der Waals surface area contributed by atoms with Gasteiger partial charge in [0.1, 0.15) is 0 Å². The number of nitrogens with zero attached hydrogens (tertiary/aromatic N) is 8. The van der Waals surface area contributed by atoms with E-state index in [2.05, 4.69) is 432 Å². The van der Waals surface area contributed by atoms with Crippen LogP contribution in [0.3, 0.4) is 0 Å². The molecule has 0 N–H and O–H groups in total. The van der Waals surface area contributed by atoms with Crippen molar-refractivity contribution < 1.29 is 0 Å². The molecule has 6 unspecified atom stereocenters. The van der Waals surface area contributed by atoms with E-state index in [-0.39, 0.29) is 18.8 Å². The molecule has 6 aromatic heterocycles. The molecule has 0 saturated carbocycles. The van der Waals surface area contributed by atoms with E-state index in [1.54, 1.807) is 22.3 Å². The third-order valence-electron chi connectivity index (χ3n) is 34.4. The molecule has 30 rings (SSSR count). The van der Waals surface area contributed by atoms with E-state index in [9.17, 15) is 0 Å². The molecule has 0 radical (unpaired) electrons. The first-order valence-electron chi connectivity index (χ1n) is 52.3. The lowest BCUT2D eigenvalue weighted by atomic mass is 9.33. The largest absolute Gasteiger partial charge is 0.334 e. The van der Waals surface area contributed by atoms with Crippen molar-refractivity contribution in [3.05, 3.63) is 417 Å². The number of rotatable bonds is 13. The average Bonchev–Trinajstić information content (AvgIpc) is 1.42. The summed E-state index contributed by atoms with van der Waals surface area (Å²) in [6.45, 7) is -0.177. The van der Waals surface area contributed by atoms with Crippen LogP contribution < -0.4 is 26.2 Å². The predicted octanol–water partition coefficient (Wildman–Crippen LogP) is 32.5. The Morgan fingerprint density at radius 3 is 0.823 bits per heavy atom. The molecule has 0 saturated heterocycles. The van der Waals surface area contributed by atoms with Crippen LogP contribution in [0.25, 0.3) is 176 Å². The number of hydrogen-bond donors (Lipinski definition) is 0. The van der Waals surface area contributed by atoms with Crippen LogP contribution in [-0.4, -0.2) is 46.2 Å². The van der Waals surface area contributed by atoms with Crippen molar-refractivity contribution in [2.45, 2.75) is 128 Å². The van der Waals surface area contributed by atoms with Gasteiger partial charge in [0.2, 0.25) is 0 Å². The molecule has 678 valence electrons. The zero-order valence-corrected chi connectivity index (χ0v) is 79.4. The molecule has 6 atom stereocenters. The second kappa shape index (κ2) is 32.5. The Labute approximate surface area is 821 Å². The van der Waals surface area contributed by atoms with Crippen molar-refractivity contribution in [2.75, 3.05) is 9.80 Å². The SMILES string of the molecule is C1=CCC(C2=CCCC(C3=CCCCC3)C2N2c3cc(-n4c5ccc(-n6c7ccccc7c7ccccc76)cc5c5cc(-n6c7ccccc7c7ccccc76)ccc54)ccc3B3c4ccc(-n5c6ccc(-n7c8ccccc8c8ccccc87)cc6c6cc(-n7c8ccccc8c8ccccc87)ccc65)cc4N(C4C(C5CC=CCC5)=CCCC4C4=CCCCC4)c4cc(-c5ccccc5)cc2c43)CC1. The molecule has 8 aliphatic rings. The van der Waals surface area contributed by atoms with Gasteiger partial charge < -0.3 is 37.2 Å². The Hall–Kier alpha value is -15.6. The van der Waals surface area contributed by atoms with Crippen molar-refractivity contribution in [3.63, 3.8) is 0 Å². The first kappa shape index (κ1) is 81.4. The molecule has 0 fully saturated rings. The minimum atomic E-state index is -0.177. The van der Waals surface area contributed by atoms with E-state index < -0.39 is 0 Å². The Bertz CT molecular complexity index is 8170. The van der Waals surface area contributed by atoms with Gasteiger partial charge in [-0.2, -0.15) is 0 Å². The maximum absolute atomic E-state index is 3.08. The summed E-state index contributed by atoms with van der Waals surface area (Å²) < 4.78 is 15.4. The lowest BCUT2D eigenvalue weighted by Crippen LogP contribution is -2.65. The number of para-hydroxylation sites is 8. The van der Waals surface area contributed by atoms with Crippen LogP contribution in [0.4, 0.5) is 22.7 Å². The number of benzene rings is 16. The minimum Gasteiger partial charge on any atom is -0.334 e. The summed E-state index contributed by atoms with van der Waals surface area (Å²) in [6, 6.07) is 135. The fourth-order valence-electron chi connectivity index (χ4n) is 28.3. The predicted molar refractivity (Wildman–Crippen MR) is 595 cm³/mol. The molecular weight excluding hydrogens is 1710 g/mol. The van der Waals surface area contributed by atoms with Gasteiger partial charge >= 0.3 is 0 Å². The maximum Gasteiger partial charge on any atom is 0.252 e. The highest BCUT2D eigenvalue weighted by Gasteiger charge is 2.51. The van der Waals surface area contributed by atoms with Crippen molar-refractivity contribution in [3.8, 4) is 45.3 Å². The average molecular weight is 1820 g/mol. The van der Waals surface area contributed by atoms with Crippen molar-refractivity contribution >= 4 is 177 Å². The van der Waals surface area contributed by atoms with E-state index in [4.69, 9.17) is 0 Å². The Morgan fingerprint density at radius 2 is 0.518 bits per heavy atom. The van der Waals surface area contributed by atoms with Gasteiger partial charge in [-0.3, -0.25) is 0 Å². The molecule has 0 bridgehead atoms. The number of allylic oxidation sites excluding steroid dienone is 8. The third kappa shape index (κ3) is 12.5. The Kier molecular flexibility index (Phi) is 18.8. The Balaban J connectivity index is 0.704. The zero-order chi connectivity index (χ0) is 92.2. The van der Waals surface area contributed by atoms with E-state index in [1.807, 2.05) is 0 Å². The first-order chi connectivity index (χ1) is 70.0. The molecule has 141 heavy (non-hydrogen) atoms. The van der Waals surface area contributed by atoms with Gasteiger partial charge in [-0.1, -0.05) is 248 Å². The molecule has 9 heteroatoms. The quantitative estimate of drug-likeness (QED) is 0.0852. The van der Waals surface area contributed by atoms with Gasteiger partial charge in [0.15, 0.2) is 0 Å². The fraction of sp³-hybridized carbons (Fsp3) is 0.182. The highest BCUT2D eigenvalue weighted by Crippen LogP contribution is 2.56. The molecule has 0 spiro atoms. The zero-order valence-electron chi connectivity index (χ0n) is 79.4. The molecule has 8 nitrogen and oxygen atoms in total. The second-order valence-electron chi connectivity index (χ2n) is 41.6. The van der Waals surface area contributed by atoms with Crippen molar-refractivity contribution in [2.24, 2.45) is 23.7 Å². The monoisotopic (exact) mass is 1810 g/mol. The molecule has 8 heterocycles.